The molecule has 1 unspecified atom stereocenters. The Bertz CT molecular complexity index is 1290. The first-order valence-electron chi connectivity index (χ1n) is 29.5. The number of ether oxygens (including phenoxy) is 3. The van der Waals surface area contributed by atoms with E-state index in [-0.39, 0.29) is 37.5 Å². The topological polar surface area (TPSA) is 78.9 Å². The van der Waals surface area contributed by atoms with Gasteiger partial charge in [-0.2, -0.15) is 0 Å². The summed E-state index contributed by atoms with van der Waals surface area (Å²) in [5.74, 6) is -0.919. The number of hydrogen-bond donors (Lipinski definition) is 0. The molecule has 1 atom stereocenters. The maximum Gasteiger partial charge on any atom is 0.306 e. The quantitative estimate of drug-likeness (QED) is 0.0262. The third-order valence-corrected chi connectivity index (χ3v) is 12.9. The predicted molar refractivity (Wildman–Crippen MR) is 298 cm³/mol. The van der Waals surface area contributed by atoms with Crippen molar-refractivity contribution >= 4 is 17.9 Å². The summed E-state index contributed by atoms with van der Waals surface area (Å²) in [6.45, 7) is 6.50. The van der Waals surface area contributed by atoms with Crippen LogP contribution in [0.3, 0.4) is 0 Å². The molecule has 398 valence electrons. The van der Waals surface area contributed by atoms with Gasteiger partial charge in [-0.15, -0.1) is 0 Å². The van der Waals surface area contributed by atoms with Crippen LogP contribution in [0, 0.1) is 0 Å². The second kappa shape index (κ2) is 57.4. The van der Waals surface area contributed by atoms with Gasteiger partial charge in [0.05, 0.1) is 0 Å². The van der Waals surface area contributed by atoms with Crippen molar-refractivity contribution < 1.29 is 28.6 Å². The van der Waals surface area contributed by atoms with Crippen molar-refractivity contribution in [3.05, 3.63) is 72.9 Å². The van der Waals surface area contributed by atoms with Crippen molar-refractivity contribution in [3.63, 3.8) is 0 Å². The van der Waals surface area contributed by atoms with Gasteiger partial charge in [-0.3, -0.25) is 14.4 Å². The fraction of sp³-hybridized carbons (Fsp3) is 0.762. The van der Waals surface area contributed by atoms with Crippen LogP contribution in [0.5, 0.6) is 0 Å². The maximum atomic E-state index is 12.8. The number of carbonyl (C=O) groups excluding carboxylic acids is 3. The molecule has 0 saturated heterocycles. The first kappa shape index (κ1) is 65.8. The van der Waals surface area contributed by atoms with E-state index in [1.807, 2.05) is 60.8 Å². The minimum absolute atomic E-state index is 0.0899. The molecule has 0 radical (unpaired) electrons. The van der Waals surface area contributed by atoms with Crippen molar-refractivity contribution in [1.82, 2.24) is 0 Å². The summed E-state index contributed by atoms with van der Waals surface area (Å²) >= 11 is 0. The number of carbonyl (C=O) groups is 3. The van der Waals surface area contributed by atoms with Crippen LogP contribution in [-0.4, -0.2) is 37.2 Å². The van der Waals surface area contributed by atoms with E-state index in [1.54, 1.807) is 0 Å². The van der Waals surface area contributed by atoms with E-state index in [1.165, 1.54) is 180 Å². The van der Waals surface area contributed by atoms with Gasteiger partial charge >= 0.3 is 17.9 Å². The summed E-state index contributed by atoms with van der Waals surface area (Å²) in [6, 6.07) is 0. The summed E-state index contributed by atoms with van der Waals surface area (Å²) in [7, 11) is 0. The summed E-state index contributed by atoms with van der Waals surface area (Å²) in [6.07, 6.45) is 73.2. The predicted octanol–water partition coefficient (Wildman–Crippen LogP) is 19.8. The third kappa shape index (κ3) is 55.6. The Hall–Kier alpha value is -3.15. The van der Waals surface area contributed by atoms with Crippen molar-refractivity contribution in [2.75, 3.05) is 13.2 Å². The van der Waals surface area contributed by atoms with Crippen LogP contribution in [0.15, 0.2) is 72.9 Å². The Morgan fingerprint density at radius 1 is 0.304 bits per heavy atom. The fourth-order valence-electron chi connectivity index (χ4n) is 8.48. The number of esters is 3. The molecular weight excluding hydrogens is 853 g/mol. The van der Waals surface area contributed by atoms with Crippen molar-refractivity contribution in [2.24, 2.45) is 0 Å². The second-order valence-electron chi connectivity index (χ2n) is 19.7. The molecule has 0 N–H and O–H groups in total. The largest absolute Gasteiger partial charge is 0.462 e. The van der Waals surface area contributed by atoms with Crippen LogP contribution in [-0.2, 0) is 28.6 Å². The van der Waals surface area contributed by atoms with Gasteiger partial charge in [0, 0.05) is 19.3 Å². The zero-order valence-corrected chi connectivity index (χ0v) is 45.6. The molecule has 0 aromatic rings. The van der Waals surface area contributed by atoms with Gasteiger partial charge in [-0.1, -0.05) is 306 Å². The summed E-state index contributed by atoms with van der Waals surface area (Å²) in [5.41, 5.74) is 0. The van der Waals surface area contributed by atoms with Crippen LogP contribution >= 0.6 is 0 Å². The average Bonchev–Trinajstić information content (AvgIpc) is 3.35. The lowest BCUT2D eigenvalue weighted by Gasteiger charge is -2.18. The van der Waals surface area contributed by atoms with E-state index in [0.29, 0.717) is 19.3 Å². The van der Waals surface area contributed by atoms with Gasteiger partial charge in [0.1, 0.15) is 13.2 Å². The maximum absolute atomic E-state index is 12.8. The standard InChI is InChI=1S/C63H110O6/c1-4-7-10-13-16-19-22-25-28-30-31-33-35-38-41-44-47-50-53-56-62(65)68-59-60(58-67-61(64)55-52-49-46-43-40-37-34-27-24-21-18-15-12-9-6-3)69-63(66)57-54-51-48-45-42-39-36-32-29-26-23-20-17-14-11-8-5-2/h8,11,14,17,20,23,26,29,32,36,39,42,60H,4-7,9-10,12-13,15-16,18-19,21-22,24-25,27-28,30-31,33-35,37-38,40-41,43-59H2,1-3H3/b11-8-,17-14-,23-20-,29-26-,36-32+,42-39-. The highest BCUT2D eigenvalue weighted by atomic mass is 16.6. The molecule has 0 saturated carbocycles. The molecule has 0 bridgehead atoms. The summed E-state index contributed by atoms with van der Waals surface area (Å²) in [5, 5.41) is 0. The molecule has 0 fully saturated rings. The number of rotatable bonds is 53. The molecule has 6 heteroatoms. The zero-order chi connectivity index (χ0) is 50.0. The Morgan fingerprint density at radius 3 is 0.884 bits per heavy atom. The van der Waals surface area contributed by atoms with Gasteiger partial charge in [0.15, 0.2) is 6.10 Å². The smallest absolute Gasteiger partial charge is 0.306 e. The van der Waals surface area contributed by atoms with E-state index < -0.39 is 6.10 Å². The third-order valence-electron chi connectivity index (χ3n) is 12.9. The first-order valence-corrected chi connectivity index (χ1v) is 29.5. The molecule has 0 aliphatic heterocycles. The lowest BCUT2D eigenvalue weighted by molar-refractivity contribution is -0.167. The summed E-state index contributed by atoms with van der Waals surface area (Å²) < 4.78 is 16.9. The molecule has 0 aromatic heterocycles. The van der Waals surface area contributed by atoms with E-state index in [0.717, 1.165) is 64.2 Å². The molecule has 0 amide bonds. The minimum Gasteiger partial charge on any atom is -0.462 e. The van der Waals surface area contributed by atoms with Crippen LogP contribution in [0.25, 0.3) is 0 Å². The molecule has 0 aromatic carbocycles. The molecule has 0 aliphatic rings. The molecule has 0 aliphatic carbocycles. The van der Waals surface area contributed by atoms with Gasteiger partial charge in [-0.25, -0.2) is 0 Å². The van der Waals surface area contributed by atoms with E-state index >= 15 is 0 Å². The van der Waals surface area contributed by atoms with Crippen molar-refractivity contribution in [3.8, 4) is 0 Å². The average molecular weight is 964 g/mol. The zero-order valence-electron chi connectivity index (χ0n) is 45.6. The van der Waals surface area contributed by atoms with E-state index in [9.17, 15) is 14.4 Å². The van der Waals surface area contributed by atoms with Crippen LogP contribution in [0.2, 0.25) is 0 Å². The fourth-order valence-corrected chi connectivity index (χ4v) is 8.48. The molecule has 0 spiro atoms. The Balaban J connectivity index is 4.42. The summed E-state index contributed by atoms with van der Waals surface area (Å²) in [4.78, 5) is 38.2. The van der Waals surface area contributed by atoms with E-state index in [4.69, 9.17) is 14.2 Å². The van der Waals surface area contributed by atoms with Gasteiger partial charge in [0.25, 0.3) is 0 Å². The highest BCUT2D eigenvalue weighted by molar-refractivity contribution is 5.71. The Kier molecular flexibility index (Phi) is 54.8. The molecule has 6 nitrogen and oxygen atoms in total. The molecule has 0 heterocycles. The van der Waals surface area contributed by atoms with Crippen LogP contribution < -0.4 is 0 Å². The highest BCUT2D eigenvalue weighted by Gasteiger charge is 2.19. The lowest BCUT2D eigenvalue weighted by Crippen LogP contribution is -2.30. The first-order chi connectivity index (χ1) is 34.0. The SMILES string of the molecule is CC\C=C/C=C\C=C/C=C\C=C\C=C/CCCCCC(=O)OC(COC(=O)CCCCCCCCCCCCCCCCC)COC(=O)CCCCCCCCCCCCCCCCCCCCC. The normalized spacial score (nSPS) is 12.6. The van der Waals surface area contributed by atoms with Crippen molar-refractivity contribution in [1.29, 1.82) is 0 Å². The van der Waals surface area contributed by atoms with Gasteiger partial charge < -0.3 is 14.2 Å². The second-order valence-corrected chi connectivity index (χ2v) is 19.7. The monoisotopic (exact) mass is 963 g/mol. The number of unbranched alkanes of at least 4 members (excludes halogenated alkanes) is 35. The van der Waals surface area contributed by atoms with Crippen molar-refractivity contribution in [2.45, 2.75) is 297 Å². The van der Waals surface area contributed by atoms with Crippen LogP contribution in [0.4, 0.5) is 0 Å². The minimum atomic E-state index is -0.796. The Labute approximate surface area is 427 Å². The number of hydrogen-bond acceptors (Lipinski definition) is 6. The van der Waals surface area contributed by atoms with E-state index in [2.05, 4.69) is 32.9 Å². The Morgan fingerprint density at radius 2 is 0.565 bits per heavy atom. The number of allylic oxidation sites excluding steroid dienone is 12. The lowest BCUT2D eigenvalue weighted by atomic mass is 10.0. The van der Waals surface area contributed by atoms with Gasteiger partial charge in [-0.05, 0) is 38.5 Å². The highest BCUT2D eigenvalue weighted by Crippen LogP contribution is 2.17. The molecule has 69 heavy (non-hydrogen) atoms. The van der Waals surface area contributed by atoms with Gasteiger partial charge in [0.2, 0.25) is 0 Å². The molecule has 0 rings (SSSR count). The molecular formula is C63H110O6. The van der Waals surface area contributed by atoms with Crippen LogP contribution in [0.1, 0.15) is 290 Å².